The first kappa shape index (κ1) is 14.0. The maximum Gasteiger partial charge on any atom is 0.142 e. The summed E-state index contributed by atoms with van der Waals surface area (Å²) in [5, 5.41) is 13.1. The van der Waals surface area contributed by atoms with Gasteiger partial charge < -0.3 is 10.4 Å². The molecular weight excluding hydrogens is 265 g/mol. The molecule has 0 heterocycles. The lowest BCUT2D eigenvalue weighted by Gasteiger charge is -2.12. The molecule has 2 N–H and O–H groups in total. The molecule has 0 fully saturated rings. The minimum Gasteiger partial charge on any atom is -0.387 e. The monoisotopic (exact) mass is 279 g/mol. The van der Waals surface area contributed by atoms with Gasteiger partial charge in [0.2, 0.25) is 0 Å². The first-order valence-electron chi connectivity index (χ1n) is 6.04. The van der Waals surface area contributed by atoms with Crippen LogP contribution in [0.2, 0.25) is 5.02 Å². The Balaban J connectivity index is 1.85. The second-order valence-electron chi connectivity index (χ2n) is 4.31. The van der Waals surface area contributed by atoms with Crippen LogP contribution in [0.15, 0.2) is 48.5 Å². The minimum atomic E-state index is -0.571. The van der Waals surface area contributed by atoms with Gasteiger partial charge in [0.15, 0.2) is 0 Å². The maximum absolute atomic E-state index is 13.2. The Morgan fingerprint density at radius 1 is 1.16 bits per heavy atom. The quantitative estimate of drug-likeness (QED) is 0.880. The van der Waals surface area contributed by atoms with E-state index < -0.39 is 11.9 Å². The maximum atomic E-state index is 13.2. The zero-order valence-corrected chi connectivity index (χ0v) is 11.1. The van der Waals surface area contributed by atoms with Crippen molar-refractivity contribution in [3.8, 4) is 0 Å². The summed E-state index contributed by atoms with van der Waals surface area (Å²) < 4.78 is 13.2. The smallest absolute Gasteiger partial charge is 0.142 e. The van der Waals surface area contributed by atoms with Gasteiger partial charge in [0.1, 0.15) is 5.82 Å². The van der Waals surface area contributed by atoms with Crippen molar-refractivity contribution < 1.29 is 9.50 Å². The highest BCUT2D eigenvalue weighted by Gasteiger charge is 2.06. The van der Waals surface area contributed by atoms with E-state index in [0.29, 0.717) is 13.1 Å². The third-order valence-corrected chi connectivity index (χ3v) is 3.14. The fourth-order valence-electron chi connectivity index (χ4n) is 1.80. The van der Waals surface area contributed by atoms with Crippen LogP contribution in [-0.4, -0.2) is 11.7 Å². The number of aliphatic hydroxyl groups is 1. The van der Waals surface area contributed by atoms with Gasteiger partial charge in [-0.05, 0) is 23.3 Å². The molecule has 4 heteroatoms. The SMILES string of the molecule is OC(CNCc1ccc(Cl)c(F)c1)c1ccccc1. The standard InChI is InChI=1S/C15H15ClFNO/c16-13-7-6-11(8-14(13)17)9-18-10-15(19)12-4-2-1-3-5-12/h1-8,15,18-19H,9-10H2. The highest BCUT2D eigenvalue weighted by atomic mass is 35.5. The van der Waals surface area contributed by atoms with E-state index in [4.69, 9.17) is 11.6 Å². The molecule has 0 aromatic heterocycles. The van der Waals surface area contributed by atoms with Gasteiger partial charge in [-0.1, -0.05) is 48.0 Å². The van der Waals surface area contributed by atoms with E-state index in [2.05, 4.69) is 5.32 Å². The Labute approximate surface area is 116 Å². The average molecular weight is 280 g/mol. The van der Waals surface area contributed by atoms with E-state index in [0.717, 1.165) is 11.1 Å². The Morgan fingerprint density at radius 2 is 1.89 bits per heavy atom. The van der Waals surface area contributed by atoms with Crippen LogP contribution in [0.3, 0.4) is 0 Å². The van der Waals surface area contributed by atoms with E-state index in [1.165, 1.54) is 12.1 Å². The summed E-state index contributed by atoms with van der Waals surface area (Å²) in [4.78, 5) is 0. The number of aliphatic hydroxyl groups excluding tert-OH is 1. The van der Waals surface area contributed by atoms with Crippen LogP contribution >= 0.6 is 11.6 Å². The Hall–Kier alpha value is -1.42. The number of rotatable bonds is 5. The largest absolute Gasteiger partial charge is 0.387 e. The molecule has 2 rings (SSSR count). The lowest BCUT2D eigenvalue weighted by Crippen LogP contribution is -2.21. The molecule has 0 radical (unpaired) electrons. The van der Waals surface area contributed by atoms with Gasteiger partial charge in [0.05, 0.1) is 11.1 Å². The molecule has 2 nitrogen and oxygen atoms in total. The molecule has 0 bridgehead atoms. The predicted molar refractivity (Wildman–Crippen MR) is 74.5 cm³/mol. The molecule has 1 atom stereocenters. The van der Waals surface area contributed by atoms with Crippen molar-refractivity contribution in [1.29, 1.82) is 0 Å². The van der Waals surface area contributed by atoms with Crippen molar-refractivity contribution in [3.63, 3.8) is 0 Å². The average Bonchev–Trinajstić information content (AvgIpc) is 2.43. The zero-order chi connectivity index (χ0) is 13.7. The summed E-state index contributed by atoms with van der Waals surface area (Å²) in [7, 11) is 0. The van der Waals surface area contributed by atoms with E-state index in [1.54, 1.807) is 6.07 Å². The zero-order valence-electron chi connectivity index (χ0n) is 10.3. The van der Waals surface area contributed by atoms with Crippen molar-refractivity contribution in [3.05, 3.63) is 70.5 Å². The molecular formula is C15H15ClFNO. The van der Waals surface area contributed by atoms with Crippen LogP contribution in [0.1, 0.15) is 17.2 Å². The van der Waals surface area contributed by atoms with Crippen LogP contribution in [0, 0.1) is 5.82 Å². The third kappa shape index (κ3) is 4.03. The van der Waals surface area contributed by atoms with E-state index in [9.17, 15) is 9.50 Å². The Kier molecular flexibility index (Phi) is 4.91. The lowest BCUT2D eigenvalue weighted by atomic mass is 10.1. The molecule has 0 aliphatic carbocycles. The summed E-state index contributed by atoms with van der Waals surface area (Å²) >= 11 is 5.61. The van der Waals surface area contributed by atoms with Gasteiger partial charge in [0, 0.05) is 13.1 Å². The first-order chi connectivity index (χ1) is 9.16. The van der Waals surface area contributed by atoms with E-state index in [1.807, 2.05) is 30.3 Å². The molecule has 19 heavy (non-hydrogen) atoms. The number of hydrogen-bond donors (Lipinski definition) is 2. The van der Waals surface area contributed by atoms with Crippen LogP contribution in [0.25, 0.3) is 0 Å². The molecule has 0 spiro atoms. The molecule has 0 amide bonds. The summed E-state index contributed by atoms with van der Waals surface area (Å²) in [6.45, 7) is 0.895. The number of halogens is 2. The normalized spacial score (nSPS) is 12.4. The van der Waals surface area contributed by atoms with Gasteiger partial charge >= 0.3 is 0 Å². The summed E-state index contributed by atoms with van der Waals surface area (Å²) in [5.74, 6) is -0.426. The highest BCUT2D eigenvalue weighted by Crippen LogP contribution is 2.16. The van der Waals surface area contributed by atoms with Crippen LogP contribution in [0.5, 0.6) is 0 Å². The third-order valence-electron chi connectivity index (χ3n) is 2.84. The molecule has 0 saturated carbocycles. The molecule has 2 aromatic rings. The second-order valence-corrected chi connectivity index (χ2v) is 4.71. The minimum absolute atomic E-state index is 0.119. The van der Waals surface area contributed by atoms with Gasteiger partial charge in [-0.3, -0.25) is 0 Å². The van der Waals surface area contributed by atoms with E-state index >= 15 is 0 Å². The predicted octanol–water partition coefficient (Wildman–Crippen LogP) is 3.30. The topological polar surface area (TPSA) is 32.3 Å². The van der Waals surface area contributed by atoms with Crippen molar-refractivity contribution >= 4 is 11.6 Å². The van der Waals surface area contributed by atoms with Gasteiger partial charge in [-0.15, -0.1) is 0 Å². The van der Waals surface area contributed by atoms with Crippen molar-refractivity contribution in [2.24, 2.45) is 0 Å². The van der Waals surface area contributed by atoms with Crippen molar-refractivity contribution in [2.75, 3.05) is 6.54 Å². The highest BCUT2D eigenvalue weighted by molar-refractivity contribution is 6.30. The van der Waals surface area contributed by atoms with Crippen LogP contribution in [-0.2, 0) is 6.54 Å². The number of nitrogens with one attached hydrogen (secondary N) is 1. The Morgan fingerprint density at radius 3 is 2.58 bits per heavy atom. The summed E-state index contributed by atoms with van der Waals surface area (Å²) in [6, 6.07) is 14.1. The van der Waals surface area contributed by atoms with Gasteiger partial charge in [-0.2, -0.15) is 0 Å². The van der Waals surface area contributed by atoms with Crippen LogP contribution < -0.4 is 5.32 Å². The molecule has 0 aliphatic heterocycles. The Bertz CT molecular complexity index is 533. The summed E-state index contributed by atoms with van der Waals surface area (Å²) in [5.41, 5.74) is 1.65. The fraction of sp³-hybridized carbons (Fsp3) is 0.200. The fourth-order valence-corrected chi connectivity index (χ4v) is 1.91. The van der Waals surface area contributed by atoms with Crippen molar-refractivity contribution in [2.45, 2.75) is 12.6 Å². The van der Waals surface area contributed by atoms with Crippen molar-refractivity contribution in [1.82, 2.24) is 5.32 Å². The first-order valence-corrected chi connectivity index (χ1v) is 6.42. The van der Waals surface area contributed by atoms with E-state index in [-0.39, 0.29) is 5.02 Å². The molecule has 0 saturated heterocycles. The second kappa shape index (κ2) is 6.66. The molecule has 2 aromatic carbocycles. The molecule has 1 unspecified atom stereocenters. The summed E-state index contributed by atoms with van der Waals surface area (Å²) in [6.07, 6.45) is -0.571. The molecule has 0 aliphatic rings. The van der Waals surface area contributed by atoms with Crippen LogP contribution in [0.4, 0.5) is 4.39 Å². The van der Waals surface area contributed by atoms with Gasteiger partial charge in [-0.25, -0.2) is 4.39 Å². The number of hydrogen-bond acceptors (Lipinski definition) is 2. The lowest BCUT2D eigenvalue weighted by molar-refractivity contribution is 0.174. The van der Waals surface area contributed by atoms with Gasteiger partial charge in [0.25, 0.3) is 0 Å². The molecule has 100 valence electrons. The number of benzene rings is 2.